The lowest BCUT2D eigenvalue weighted by atomic mass is 10.1. The van der Waals surface area contributed by atoms with Crippen molar-refractivity contribution in [3.63, 3.8) is 0 Å². The number of ether oxygens (including phenoxy) is 1. The summed E-state index contributed by atoms with van der Waals surface area (Å²) in [6, 6.07) is 5.88. The number of carbonyl (C=O) groups is 1. The third-order valence-electron chi connectivity index (χ3n) is 5.07. The number of carbonyl (C=O) groups excluding carboxylic acids is 1. The number of aliphatic hydroxyl groups is 1. The van der Waals surface area contributed by atoms with E-state index in [0.29, 0.717) is 11.9 Å². The minimum atomic E-state index is -0.969. The number of amides is 1. The topological polar surface area (TPSA) is 107 Å². The van der Waals surface area contributed by atoms with Crippen LogP contribution in [-0.4, -0.2) is 48.0 Å². The largest absolute Gasteiger partial charge is 0.479 e. The monoisotopic (exact) mass is 410 g/mol. The summed E-state index contributed by atoms with van der Waals surface area (Å²) >= 11 is 0. The van der Waals surface area contributed by atoms with Crippen LogP contribution in [-0.2, 0) is 13.0 Å². The molecule has 1 aliphatic rings. The maximum absolute atomic E-state index is 12.8. The zero-order chi connectivity index (χ0) is 21.5. The molecule has 0 saturated heterocycles. The number of imidazole rings is 1. The minimum Gasteiger partial charge on any atom is -0.479 e. The summed E-state index contributed by atoms with van der Waals surface area (Å²) in [5, 5.41) is 17.0. The van der Waals surface area contributed by atoms with Crippen molar-refractivity contribution in [3.8, 4) is 17.3 Å². The molecule has 30 heavy (non-hydrogen) atoms. The van der Waals surface area contributed by atoms with Gasteiger partial charge in [0.1, 0.15) is 17.2 Å². The van der Waals surface area contributed by atoms with E-state index in [1.54, 1.807) is 26.1 Å². The second-order valence-electron chi connectivity index (χ2n) is 8.24. The summed E-state index contributed by atoms with van der Waals surface area (Å²) in [6.07, 6.45) is 5.43. The molecule has 0 bridgehead atoms. The molecule has 0 saturated carbocycles. The number of aryl methyl sites for hydroxylation is 1. The Morgan fingerprint density at radius 3 is 2.93 bits per heavy atom. The van der Waals surface area contributed by atoms with Crippen molar-refractivity contribution >= 4 is 11.7 Å². The first-order valence-corrected chi connectivity index (χ1v) is 9.94. The maximum Gasteiger partial charge on any atom is 0.263 e. The highest BCUT2D eigenvalue weighted by atomic mass is 16.5. The average molecular weight is 410 g/mol. The molecule has 1 aliphatic heterocycles. The predicted octanol–water partition coefficient (Wildman–Crippen LogP) is 2.68. The molecule has 0 aliphatic carbocycles. The molecule has 2 N–H and O–H groups in total. The molecular weight excluding hydrogens is 384 g/mol. The Kier molecular flexibility index (Phi) is 5.07. The minimum absolute atomic E-state index is 0.190. The predicted molar refractivity (Wildman–Crippen MR) is 112 cm³/mol. The number of hydrogen-bond donors (Lipinski definition) is 2. The Balaban J connectivity index is 1.57. The first kappa shape index (κ1) is 20.1. The van der Waals surface area contributed by atoms with Gasteiger partial charge < -0.3 is 19.7 Å². The van der Waals surface area contributed by atoms with Gasteiger partial charge in [-0.05, 0) is 39.3 Å². The van der Waals surface area contributed by atoms with Crippen LogP contribution in [0, 0.1) is 0 Å². The second kappa shape index (κ2) is 7.56. The molecule has 1 amide bonds. The summed E-state index contributed by atoms with van der Waals surface area (Å²) in [6.45, 7) is 5.74. The van der Waals surface area contributed by atoms with Gasteiger partial charge in [0.25, 0.3) is 5.91 Å². The van der Waals surface area contributed by atoms with Gasteiger partial charge in [-0.25, -0.2) is 9.97 Å². The van der Waals surface area contributed by atoms with Crippen molar-refractivity contribution in [1.82, 2.24) is 24.3 Å². The van der Waals surface area contributed by atoms with E-state index < -0.39 is 5.60 Å². The number of nitrogens with one attached hydrogen (secondary N) is 1. The number of hydrogen-bond acceptors (Lipinski definition) is 6. The van der Waals surface area contributed by atoms with Crippen LogP contribution in [0.3, 0.4) is 0 Å². The summed E-state index contributed by atoms with van der Waals surface area (Å²) in [4.78, 5) is 22.0. The van der Waals surface area contributed by atoms with Crippen molar-refractivity contribution in [2.45, 2.75) is 51.8 Å². The van der Waals surface area contributed by atoms with Crippen LogP contribution in [0.15, 0.2) is 30.6 Å². The molecule has 4 heterocycles. The fourth-order valence-electron chi connectivity index (χ4n) is 3.75. The fourth-order valence-corrected chi connectivity index (χ4v) is 3.75. The zero-order valence-corrected chi connectivity index (χ0v) is 17.6. The number of rotatable bonds is 6. The third kappa shape index (κ3) is 3.93. The van der Waals surface area contributed by atoms with E-state index in [1.165, 1.54) is 11.8 Å². The van der Waals surface area contributed by atoms with E-state index in [4.69, 9.17) is 4.74 Å². The van der Waals surface area contributed by atoms with Gasteiger partial charge in [0.2, 0.25) is 5.88 Å². The van der Waals surface area contributed by atoms with Gasteiger partial charge in [-0.2, -0.15) is 0 Å². The highest BCUT2D eigenvalue weighted by Gasteiger charge is 2.24. The molecule has 4 rings (SSSR count). The Morgan fingerprint density at radius 1 is 1.40 bits per heavy atom. The molecule has 9 nitrogen and oxygen atoms in total. The summed E-state index contributed by atoms with van der Waals surface area (Å²) in [7, 11) is 1.45. The van der Waals surface area contributed by atoms with Crippen LogP contribution in [0.25, 0.3) is 11.4 Å². The van der Waals surface area contributed by atoms with Crippen molar-refractivity contribution in [2.24, 2.45) is 0 Å². The lowest BCUT2D eigenvalue weighted by Crippen LogP contribution is -2.26. The van der Waals surface area contributed by atoms with Crippen LogP contribution in [0.1, 0.15) is 49.4 Å². The lowest BCUT2D eigenvalue weighted by Gasteiger charge is -2.16. The van der Waals surface area contributed by atoms with Crippen LogP contribution in [0.5, 0.6) is 5.88 Å². The molecular formula is C21H26N6O3. The Morgan fingerprint density at radius 2 is 2.20 bits per heavy atom. The number of methoxy groups -OCH3 is 1. The molecule has 0 spiro atoms. The number of aromatic nitrogens is 5. The van der Waals surface area contributed by atoms with Gasteiger partial charge in [-0.1, -0.05) is 6.07 Å². The highest BCUT2D eigenvalue weighted by Crippen LogP contribution is 2.31. The molecule has 3 aromatic heterocycles. The number of fused-ring (bicyclic) bond motifs is 1. The van der Waals surface area contributed by atoms with Gasteiger partial charge in [-0.15, -0.1) is 5.10 Å². The molecule has 0 fully saturated rings. The van der Waals surface area contributed by atoms with Crippen molar-refractivity contribution in [1.29, 1.82) is 0 Å². The molecule has 3 aromatic rings. The summed E-state index contributed by atoms with van der Waals surface area (Å²) in [5.74, 6) is 1.30. The van der Waals surface area contributed by atoms with E-state index in [0.717, 1.165) is 30.1 Å². The van der Waals surface area contributed by atoms with Crippen LogP contribution >= 0.6 is 0 Å². The SMILES string of the molecule is COc1nn(CC(C)(C)O)cc1C(=O)Nc1cccc(-c2cnc3n2C(C)CC3)n1. The molecule has 0 radical (unpaired) electrons. The normalized spacial score (nSPS) is 15.8. The van der Waals surface area contributed by atoms with Crippen molar-refractivity contribution in [2.75, 3.05) is 12.4 Å². The third-order valence-corrected chi connectivity index (χ3v) is 5.07. The molecule has 1 unspecified atom stereocenters. The van der Waals surface area contributed by atoms with Crippen molar-refractivity contribution in [3.05, 3.63) is 42.0 Å². The van der Waals surface area contributed by atoms with E-state index in [1.807, 2.05) is 18.3 Å². The number of anilines is 1. The Labute approximate surface area is 174 Å². The van der Waals surface area contributed by atoms with E-state index >= 15 is 0 Å². The lowest BCUT2D eigenvalue weighted by molar-refractivity contribution is 0.0573. The number of nitrogens with zero attached hydrogens (tertiary/aromatic N) is 5. The fraction of sp³-hybridized carbons (Fsp3) is 0.429. The molecule has 9 heteroatoms. The average Bonchev–Trinajstić information content (AvgIpc) is 3.37. The second-order valence-corrected chi connectivity index (χ2v) is 8.24. The smallest absolute Gasteiger partial charge is 0.263 e. The van der Waals surface area contributed by atoms with E-state index in [2.05, 4.69) is 31.9 Å². The van der Waals surface area contributed by atoms with E-state index in [9.17, 15) is 9.90 Å². The Hall–Kier alpha value is -3.20. The summed E-state index contributed by atoms with van der Waals surface area (Å²) in [5.41, 5.74) is 1.00. The standard InChI is InChI=1S/C21H26N6O3/c1-13-8-9-18-22-10-16(27(13)18)15-6-5-7-17(23-15)24-19(28)14-11-26(12-21(2,3)29)25-20(14)30-4/h5-7,10-11,13,29H,8-9,12H2,1-4H3,(H,23,24,28). The van der Waals surface area contributed by atoms with Crippen molar-refractivity contribution < 1.29 is 14.6 Å². The maximum atomic E-state index is 12.8. The molecule has 1 atom stereocenters. The van der Waals surface area contributed by atoms with Crippen LogP contribution in [0.2, 0.25) is 0 Å². The molecule has 0 aromatic carbocycles. The first-order chi connectivity index (χ1) is 14.2. The zero-order valence-electron chi connectivity index (χ0n) is 17.6. The van der Waals surface area contributed by atoms with Crippen LogP contribution < -0.4 is 10.1 Å². The Bertz CT molecular complexity index is 1080. The first-order valence-electron chi connectivity index (χ1n) is 9.94. The van der Waals surface area contributed by atoms with E-state index in [-0.39, 0.29) is 23.9 Å². The van der Waals surface area contributed by atoms with Gasteiger partial charge in [0.15, 0.2) is 0 Å². The van der Waals surface area contributed by atoms with Gasteiger partial charge >= 0.3 is 0 Å². The van der Waals surface area contributed by atoms with Gasteiger partial charge in [-0.3, -0.25) is 9.48 Å². The van der Waals surface area contributed by atoms with Crippen LogP contribution in [0.4, 0.5) is 5.82 Å². The van der Waals surface area contributed by atoms with Gasteiger partial charge in [0.05, 0.1) is 36.8 Å². The van der Waals surface area contributed by atoms with Gasteiger partial charge in [0, 0.05) is 18.7 Å². The highest BCUT2D eigenvalue weighted by molar-refractivity contribution is 6.05. The molecule has 158 valence electrons. The summed E-state index contributed by atoms with van der Waals surface area (Å²) < 4.78 is 8.94. The quantitative estimate of drug-likeness (QED) is 0.647. The number of pyridine rings is 1.